The summed E-state index contributed by atoms with van der Waals surface area (Å²) in [6.07, 6.45) is 3.72. The predicted octanol–water partition coefficient (Wildman–Crippen LogP) is 2.69. The Morgan fingerprint density at radius 3 is 2.53 bits per heavy atom. The molecule has 3 nitrogen and oxygen atoms in total. The minimum atomic E-state index is -3.12. The summed E-state index contributed by atoms with van der Waals surface area (Å²) in [6, 6.07) is 7.40. The minimum Gasteiger partial charge on any atom is -0.382 e. The van der Waals surface area contributed by atoms with Crippen LogP contribution in [-0.2, 0) is 9.84 Å². The number of hydrogen-bond acceptors (Lipinski definition) is 3. The molecule has 0 aliphatic heterocycles. The van der Waals surface area contributed by atoms with E-state index >= 15 is 0 Å². The second-order valence-electron chi connectivity index (χ2n) is 5.32. The Kier molecular flexibility index (Phi) is 2.94. The molecule has 1 aliphatic rings. The van der Waals surface area contributed by atoms with Gasteiger partial charge in [-0.3, -0.25) is 0 Å². The van der Waals surface area contributed by atoms with Crippen molar-refractivity contribution >= 4 is 15.5 Å². The molecule has 0 radical (unpaired) electrons. The molecule has 94 valence electrons. The molecule has 1 fully saturated rings. The number of hydrogen-bond donors (Lipinski definition) is 1. The molecular formula is C13H19NO2S. The molecule has 1 aromatic rings. The van der Waals surface area contributed by atoms with Crippen molar-refractivity contribution in [3.05, 3.63) is 24.3 Å². The largest absolute Gasteiger partial charge is 0.382 e. The molecule has 1 N–H and O–H groups in total. The second kappa shape index (κ2) is 4.02. The summed E-state index contributed by atoms with van der Waals surface area (Å²) < 4.78 is 22.9. The van der Waals surface area contributed by atoms with Gasteiger partial charge in [0, 0.05) is 18.0 Å². The molecule has 1 atom stereocenters. The van der Waals surface area contributed by atoms with Gasteiger partial charge in [0.15, 0.2) is 9.84 Å². The van der Waals surface area contributed by atoms with E-state index < -0.39 is 9.84 Å². The van der Waals surface area contributed by atoms with Crippen molar-refractivity contribution in [3.8, 4) is 0 Å². The van der Waals surface area contributed by atoms with E-state index in [0.717, 1.165) is 5.69 Å². The van der Waals surface area contributed by atoms with E-state index in [9.17, 15) is 8.42 Å². The Morgan fingerprint density at radius 1 is 1.35 bits per heavy atom. The standard InChI is InChI=1S/C13H19NO2S/c1-10(13(2)7-8-13)14-11-5-4-6-12(9-11)17(3,15)16/h4-6,9-10,14H,7-8H2,1-3H3. The summed E-state index contributed by atoms with van der Waals surface area (Å²) in [4.78, 5) is 0.371. The maximum absolute atomic E-state index is 11.5. The van der Waals surface area contributed by atoms with Gasteiger partial charge >= 0.3 is 0 Å². The summed E-state index contributed by atoms with van der Waals surface area (Å²) >= 11 is 0. The number of sulfone groups is 1. The van der Waals surface area contributed by atoms with E-state index in [0.29, 0.717) is 16.4 Å². The third kappa shape index (κ3) is 2.80. The first-order valence-corrected chi connectivity index (χ1v) is 7.77. The fourth-order valence-electron chi connectivity index (χ4n) is 1.87. The number of nitrogens with one attached hydrogen (secondary N) is 1. The molecule has 0 amide bonds. The normalized spacial score (nSPS) is 19.7. The highest BCUT2D eigenvalue weighted by atomic mass is 32.2. The van der Waals surface area contributed by atoms with E-state index in [1.165, 1.54) is 19.1 Å². The van der Waals surface area contributed by atoms with E-state index in [2.05, 4.69) is 19.2 Å². The zero-order valence-corrected chi connectivity index (χ0v) is 11.3. The maximum Gasteiger partial charge on any atom is 0.175 e. The van der Waals surface area contributed by atoms with Crippen LogP contribution in [0.25, 0.3) is 0 Å². The molecule has 0 bridgehead atoms. The maximum atomic E-state index is 11.5. The predicted molar refractivity (Wildman–Crippen MR) is 70.0 cm³/mol. The molecule has 1 saturated carbocycles. The van der Waals surface area contributed by atoms with Crippen LogP contribution in [-0.4, -0.2) is 20.7 Å². The average molecular weight is 253 g/mol. The second-order valence-corrected chi connectivity index (χ2v) is 7.34. The first-order chi connectivity index (χ1) is 7.81. The summed E-state index contributed by atoms with van der Waals surface area (Å²) in [5, 5.41) is 3.39. The summed E-state index contributed by atoms with van der Waals surface area (Å²) in [5.74, 6) is 0. The minimum absolute atomic E-state index is 0.371. The quantitative estimate of drug-likeness (QED) is 0.897. The van der Waals surface area contributed by atoms with Crippen LogP contribution in [0.4, 0.5) is 5.69 Å². The van der Waals surface area contributed by atoms with Gasteiger partial charge < -0.3 is 5.32 Å². The van der Waals surface area contributed by atoms with Crippen LogP contribution < -0.4 is 5.32 Å². The molecule has 0 heterocycles. The molecule has 1 unspecified atom stereocenters. The van der Waals surface area contributed by atoms with E-state index in [-0.39, 0.29) is 0 Å². The summed E-state index contributed by atoms with van der Waals surface area (Å²) in [6.45, 7) is 4.41. The third-order valence-electron chi connectivity index (χ3n) is 3.73. The Labute approximate surface area is 103 Å². The average Bonchev–Trinajstić information content (AvgIpc) is 2.97. The van der Waals surface area contributed by atoms with Crippen LogP contribution in [0.15, 0.2) is 29.2 Å². The van der Waals surface area contributed by atoms with Crippen molar-refractivity contribution in [2.75, 3.05) is 11.6 Å². The molecule has 0 aromatic heterocycles. The number of anilines is 1. The Bertz CT molecular complexity index is 518. The fourth-order valence-corrected chi connectivity index (χ4v) is 2.54. The van der Waals surface area contributed by atoms with Crippen molar-refractivity contribution in [3.63, 3.8) is 0 Å². The van der Waals surface area contributed by atoms with Gasteiger partial charge in [-0.05, 0) is 43.4 Å². The van der Waals surface area contributed by atoms with E-state index in [4.69, 9.17) is 0 Å². The van der Waals surface area contributed by atoms with Crippen molar-refractivity contribution in [2.24, 2.45) is 5.41 Å². The molecule has 0 spiro atoms. The zero-order chi connectivity index (χ0) is 12.7. The van der Waals surface area contributed by atoms with Gasteiger partial charge in [-0.15, -0.1) is 0 Å². The fraction of sp³-hybridized carbons (Fsp3) is 0.538. The lowest BCUT2D eigenvalue weighted by Gasteiger charge is -2.21. The van der Waals surface area contributed by atoms with Gasteiger partial charge in [0.2, 0.25) is 0 Å². The number of benzene rings is 1. The summed E-state index contributed by atoms with van der Waals surface area (Å²) in [5.41, 5.74) is 1.26. The van der Waals surface area contributed by atoms with Gasteiger partial charge in [-0.2, -0.15) is 0 Å². The molecule has 1 aliphatic carbocycles. The lowest BCUT2D eigenvalue weighted by molar-refractivity contribution is 0.493. The first-order valence-electron chi connectivity index (χ1n) is 5.88. The molecule has 2 rings (SSSR count). The van der Waals surface area contributed by atoms with Crippen LogP contribution >= 0.6 is 0 Å². The molecule has 0 saturated heterocycles. The van der Waals surface area contributed by atoms with Gasteiger partial charge in [0.1, 0.15) is 0 Å². The smallest absolute Gasteiger partial charge is 0.175 e. The van der Waals surface area contributed by atoms with Gasteiger partial charge in [0.05, 0.1) is 4.90 Å². The third-order valence-corrected chi connectivity index (χ3v) is 4.84. The monoisotopic (exact) mass is 253 g/mol. The van der Waals surface area contributed by atoms with Crippen LogP contribution in [0.2, 0.25) is 0 Å². The Balaban J connectivity index is 2.17. The molecular weight excluding hydrogens is 234 g/mol. The first kappa shape index (κ1) is 12.4. The van der Waals surface area contributed by atoms with Gasteiger partial charge in [-0.1, -0.05) is 13.0 Å². The summed E-state index contributed by atoms with van der Waals surface area (Å²) in [7, 11) is -3.12. The molecule has 1 aromatic carbocycles. The zero-order valence-electron chi connectivity index (χ0n) is 10.5. The van der Waals surface area contributed by atoms with Crippen molar-refractivity contribution in [2.45, 2.75) is 37.6 Å². The topological polar surface area (TPSA) is 46.2 Å². The van der Waals surface area contributed by atoms with Crippen LogP contribution in [0.5, 0.6) is 0 Å². The van der Waals surface area contributed by atoms with Crippen LogP contribution in [0.1, 0.15) is 26.7 Å². The molecule has 4 heteroatoms. The van der Waals surface area contributed by atoms with Crippen molar-refractivity contribution < 1.29 is 8.42 Å². The Morgan fingerprint density at radius 2 is 2.00 bits per heavy atom. The van der Waals surface area contributed by atoms with Crippen LogP contribution in [0, 0.1) is 5.41 Å². The lowest BCUT2D eigenvalue weighted by atomic mass is 10.0. The van der Waals surface area contributed by atoms with E-state index in [1.807, 2.05) is 6.07 Å². The van der Waals surface area contributed by atoms with Gasteiger partial charge in [-0.25, -0.2) is 8.42 Å². The Hall–Kier alpha value is -1.03. The van der Waals surface area contributed by atoms with Crippen molar-refractivity contribution in [1.82, 2.24) is 0 Å². The van der Waals surface area contributed by atoms with E-state index in [1.54, 1.807) is 18.2 Å². The highest BCUT2D eigenvalue weighted by Crippen LogP contribution is 2.48. The SMILES string of the molecule is CC(Nc1cccc(S(C)(=O)=O)c1)C1(C)CC1. The van der Waals surface area contributed by atoms with Crippen molar-refractivity contribution in [1.29, 1.82) is 0 Å². The molecule has 17 heavy (non-hydrogen) atoms. The van der Waals surface area contributed by atoms with Gasteiger partial charge in [0.25, 0.3) is 0 Å². The highest BCUT2D eigenvalue weighted by Gasteiger charge is 2.42. The highest BCUT2D eigenvalue weighted by molar-refractivity contribution is 7.90. The van der Waals surface area contributed by atoms with Crippen LogP contribution in [0.3, 0.4) is 0 Å². The lowest BCUT2D eigenvalue weighted by Crippen LogP contribution is -2.24. The number of rotatable bonds is 4.